The van der Waals surface area contributed by atoms with Crippen molar-refractivity contribution in [2.45, 2.75) is 0 Å². The molecule has 8 nitrogen and oxygen atoms in total. The first-order valence-electron chi connectivity index (χ1n) is 9.12. The van der Waals surface area contributed by atoms with Crippen LogP contribution in [-0.4, -0.2) is 48.9 Å². The molecule has 4 rings (SSSR count). The van der Waals surface area contributed by atoms with Crippen molar-refractivity contribution in [2.75, 3.05) is 27.0 Å². The molecule has 1 saturated heterocycles. The summed E-state index contributed by atoms with van der Waals surface area (Å²) in [6.45, 7) is 0.440. The van der Waals surface area contributed by atoms with Crippen LogP contribution in [0.15, 0.2) is 53.4 Å². The van der Waals surface area contributed by atoms with E-state index >= 15 is 0 Å². The lowest BCUT2D eigenvalue weighted by Gasteiger charge is -2.29. The molecular weight excluding hydrogens is 408 g/mol. The Morgan fingerprint density at radius 1 is 1.17 bits per heavy atom. The Hall–Kier alpha value is -3.46. The number of nitrogens with one attached hydrogen (secondary N) is 1. The first kappa shape index (κ1) is 19.8. The number of thioether (sulfide) groups is 1. The van der Waals surface area contributed by atoms with Crippen molar-refractivity contribution >= 4 is 34.6 Å². The van der Waals surface area contributed by atoms with Crippen molar-refractivity contribution in [1.29, 1.82) is 0 Å². The maximum atomic E-state index is 12.8. The van der Waals surface area contributed by atoms with E-state index in [9.17, 15) is 14.4 Å². The molecule has 2 aliphatic rings. The number of carbonyl (C=O) groups is 3. The third-order valence-corrected chi connectivity index (χ3v) is 5.41. The lowest BCUT2D eigenvalue weighted by Crippen LogP contribution is -2.40. The van der Waals surface area contributed by atoms with Crippen LogP contribution in [0.5, 0.6) is 11.5 Å². The minimum absolute atomic E-state index is 0.0898. The summed E-state index contributed by atoms with van der Waals surface area (Å²) in [7, 11) is 1.53. The largest absolute Gasteiger partial charge is 0.497 e. The minimum atomic E-state index is -0.498. The molecule has 0 aromatic heterocycles. The fraction of sp³-hybridized carbons (Fsp3) is 0.190. The van der Waals surface area contributed by atoms with Crippen molar-refractivity contribution in [3.8, 4) is 11.5 Å². The van der Waals surface area contributed by atoms with E-state index in [0.717, 1.165) is 11.8 Å². The predicted octanol–water partition coefficient (Wildman–Crippen LogP) is 2.86. The van der Waals surface area contributed by atoms with Gasteiger partial charge in [0.15, 0.2) is 6.73 Å². The molecule has 2 aliphatic heterocycles. The average Bonchev–Trinajstić information content (AvgIpc) is 3.10. The summed E-state index contributed by atoms with van der Waals surface area (Å²) < 4.78 is 16.7. The van der Waals surface area contributed by atoms with Crippen LogP contribution in [0.25, 0.3) is 5.76 Å². The van der Waals surface area contributed by atoms with E-state index in [1.54, 1.807) is 30.3 Å². The molecule has 154 valence electrons. The molecule has 1 N–H and O–H groups in total. The van der Waals surface area contributed by atoms with Gasteiger partial charge in [-0.2, -0.15) is 0 Å². The van der Waals surface area contributed by atoms with Gasteiger partial charge < -0.3 is 19.1 Å². The monoisotopic (exact) mass is 426 g/mol. The highest BCUT2D eigenvalue weighted by Gasteiger charge is 2.31. The maximum Gasteiger partial charge on any atom is 0.291 e. The number of hydrogen-bond acceptors (Lipinski definition) is 7. The van der Waals surface area contributed by atoms with Gasteiger partial charge >= 0.3 is 0 Å². The SMILES string of the molecule is COc1ccc2c(c1)C(=O)N(CCOC(=C1SC(=O)NC1=O)c1ccccc1)CO2. The van der Waals surface area contributed by atoms with E-state index in [1.807, 2.05) is 18.2 Å². The number of nitrogens with zero attached hydrogens (tertiary/aromatic N) is 1. The molecule has 0 unspecified atom stereocenters. The number of hydrogen-bond donors (Lipinski definition) is 1. The zero-order chi connectivity index (χ0) is 21.1. The predicted molar refractivity (Wildman–Crippen MR) is 110 cm³/mol. The van der Waals surface area contributed by atoms with E-state index in [0.29, 0.717) is 28.4 Å². The molecule has 0 saturated carbocycles. The summed E-state index contributed by atoms with van der Waals surface area (Å²) in [5.41, 5.74) is 1.08. The second-order valence-electron chi connectivity index (χ2n) is 6.42. The van der Waals surface area contributed by atoms with E-state index in [1.165, 1.54) is 12.0 Å². The van der Waals surface area contributed by atoms with Crippen LogP contribution in [0.1, 0.15) is 15.9 Å². The van der Waals surface area contributed by atoms with Crippen molar-refractivity contribution in [3.63, 3.8) is 0 Å². The standard InChI is InChI=1S/C21H18N2O6S/c1-27-14-7-8-16-15(11-14)20(25)23(12-29-16)9-10-28-17(13-5-3-2-4-6-13)18-19(24)22-21(26)30-18/h2-8,11H,9-10,12H2,1H3,(H,22,24,26). The Morgan fingerprint density at radius 3 is 2.67 bits per heavy atom. The van der Waals surface area contributed by atoms with Gasteiger partial charge in [0, 0.05) is 5.56 Å². The van der Waals surface area contributed by atoms with Crippen LogP contribution in [0.2, 0.25) is 0 Å². The van der Waals surface area contributed by atoms with Crippen molar-refractivity contribution in [2.24, 2.45) is 0 Å². The van der Waals surface area contributed by atoms with Gasteiger partial charge in [0.2, 0.25) is 0 Å². The van der Waals surface area contributed by atoms with Crippen LogP contribution in [-0.2, 0) is 9.53 Å². The molecule has 0 aliphatic carbocycles. The first-order chi connectivity index (χ1) is 14.6. The van der Waals surface area contributed by atoms with Gasteiger partial charge in [0.1, 0.15) is 28.8 Å². The van der Waals surface area contributed by atoms with Gasteiger partial charge in [-0.3, -0.25) is 19.7 Å². The van der Waals surface area contributed by atoms with E-state index in [4.69, 9.17) is 14.2 Å². The zero-order valence-corrected chi connectivity index (χ0v) is 16.9. The van der Waals surface area contributed by atoms with E-state index in [-0.39, 0.29) is 30.7 Å². The molecule has 30 heavy (non-hydrogen) atoms. The molecule has 2 aromatic rings. The summed E-state index contributed by atoms with van der Waals surface area (Å²) in [5.74, 6) is 0.672. The van der Waals surface area contributed by atoms with Gasteiger partial charge in [0.05, 0.1) is 19.2 Å². The topological polar surface area (TPSA) is 94.2 Å². The highest BCUT2D eigenvalue weighted by molar-refractivity contribution is 8.18. The van der Waals surface area contributed by atoms with Crippen molar-refractivity contribution in [1.82, 2.24) is 10.2 Å². The number of fused-ring (bicyclic) bond motifs is 1. The second-order valence-corrected chi connectivity index (χ2v) is 7.40. The van der Waals surface area contributed by atoms with Gasteiger partial charge in [0.25, 0.3) is 17.1 Å². The van der Waals surface area contributed by atoms with Crippen molar-refractivity contribution in [3.05, 3.63) is 64.6 Å². The Kier molecular flexibility index (Phi) is 5.62. The summed E-state index contributed by atoms with van der Waals surface area (Å²) in [6, 6.07) is 14.1. The average molecular weight is 426 g/mol. The molecular formula is C21H18N2O6S. The molecule has 0 atom stereocenters. The number of methoxy groups -OCH3 is 1. The lowest BCUT2D eigenvalue weighted by molar-refractivity contribution is -0.115. The molecule has 1 fully saturated rings. The van der Waals surface area contributed by atoms with Gasteiger partial charge in [-0.25, -0.2) is 0 Å². The fourth-order valence-corrected chi connectivity index (χ4v) is 3.80. The number of amides is 3. The quantitative estimate of drug-likeness (QED) is 0.561. The van der Waals surface area contributed by atoms with Crippen LogP contribution >= 0.6 is 11.8 Å². The second kappa shape index (κ2) is 8.50. The number of ether oxygens (including phenoxy) is 3. The maximum absolute atomic E-state index is 12.8. The third-order valence-electron chi connectivity index (χ3n) is 4.55. The van der Waals surface area contributed by atoms with Crippen LogP contribution in [0.3, 0.4) is 0 Å². The molecule has 3 amide bonds. The molecule has 0 spiro atoms. The Balaban J connectivity index is 1.49. The highest BCUT2D eigenvalue weighted by Crippen LogP contribution is 2.33. The summed E-state index contributed by atoms with van der Waals surface area (Å²) in [4.78, 5) is 38.2. The van der Waals surface area contributed by atoms with Crippen LogP contribution in [0, 0.1) is 0 Å². The highest BCUT2D eigenvalue weighted by atomic mass is 32.2. The Morgan fingerprint density at radius 2 is 1.97 bits per heavy atom. The smallest absolute Gasteiger partial charge is 0.291 e. The van der Waals surface area contributed by atoms with E-state index < -0.39 is 11.1 Å². The number of rotatable bonds is 6. The van der Waals surface area contributed by atoms with Crippen molar-refractivity contribution < 1.29 is 28.6 Å². The van der Waals surface area contributed by atoms with Gasteiger partial charge in [-0.15, -0.1) is 0 Å². The normalized spacial score (nSPS) is 17.2. The zero-order valence-electron chi connectivity index (χ0n) is 16.0. The summed E-state index contributed by atoms with van der Waals surface area (Å²) >= 11 is 0.794. The molecule has 2 heterocycles. The molecule has 0 radical (unpaired) electrons. The number of carbonyl (C=O) groups excluding carboxylic acids is 3. The van der Waals surface area contributed by atoms with Gasteiger partial charge in [-0.05, 0) is 30.0 Å². The third kappa shape index (κ3) is 3.97. The first-order valence-corrected chi connectivity index (χ1v) is 9.94. The summed E-state index contributed by atoms with van der Waals surface area (Å²) in [6.07, 6.45) is 0. The Bertz CT molecular complexity index is 1040. The van der Waals surface area contributed by atoms with Crippen LogP contribution in [0.4, 0.5) is 4.79 Å². The minimum Gasteiger partial charge on any atom is -0.497 e. The van der Waals surface area contributed by atoms with Gasteiger partial charge in [-0.1, -0.05) is 30.3 Å². The molecule has 0 bridgehead atoms. The summed E-state index contributed by atoms with van der Waals surface area (Å²) in [5, 5.41) is 1.79. The number of imide groups is 1. The Labute approximate surface area is 176 Å². The number of benzene rings is 2. The van der Waals surface area contributed by atoms with Crippen LogP contribution < -0.4 is 14.8 Å². The lowest BCUT2D eigenvalue weighted by atomic mass is 10.1. The molecule has 9 heteroatoms. The van der Waals surface area contributed by atoms with E-state index in [2.05, 4.69) is 5.32 Å². The molecule has 2 aromatic carbocycles. The fourth-order valence-electron chi connectivity index (χ4n) is 3.06.